The van der Waals surface area contributed by atoms with Crippen molar-refractivity contribution in [2.24, 2.45) is 11.8 Å². The molecule has 1 aromatic carbocycles. The average molecular weight is 498 g/mol. The van der Waals surface area contributed by atoms with Crippen molar-refractivity contribution in [3.63, 3.8) is 0 Å². The first kappa shape index (κ1) is 27.0. The van der Waals surface area contributed by atoms with Crippen LogP contribution >= 0.6 is 11.6 Å². The van der Waals surface area contributed by atoms with E-state index in [2.05, 4.69) is 5.32 Å². The highest BCUT2D eigenvalue weighted by atomic mass is 35.5. The predicted octanol–water partition coefficient (Wildman–Crippen LogP) is 2.35. The monoisotopic (exact) mass is 497 g/mol. The summed E-state index contributed by atoms with van der Waals surface area (Å²) in [7, 11) is 0. The van der Waals surface area contributed by atoms with E-state index in [0.29, 0.717) is 32.5 Å². The van der Waals surface area contributed by atoms with E-state index in [1.54, 1.807) is 20.8 Å². The van der Waals surface area contributed by atoms with E-state index >= 15 is 0 Å². The average Bonchev–Trinajstić information content (AvgIpc) is 2.80. The molecule has 1 aromatic rings. The van der Waals surface area contributed by atoms with Crippen LogP contribution in [0.3, 0.4) is 0 Å². The molecule has 1 aliphatic heterocycles. The summed E-state index contributed by atoms with van der Waals surface area (Å²) in [6.07, 6.45) is 0.937. The number of ether oxygens (including phenoxy) is 2. The van der Waals surface area contributed by atoms with E-state index in [4.69, 9.17) is 21.1 Å². The number of nitro benzene ring substituents is 1. The van der Waals surface area contributed by atoms with Crippen molar-refractivity contribution in [1.29, 1.82) is 0 Å². The van der Waals surface area contributed by atoms with Crippen LogP contribution in [0.25, 0.3) is 0 Å². The van der Waals surface area contributed by atoms with E-state index < -0.39 is 41.0 Å². The van der Waals surface area contributed by atoms with Gasteiger partial charge in [0.1, 0.15) is 11.1 Å². The highest BCUT2D eigenvalue weighted by molar-refractivity contribution is 6.32. The van der Waals surface area contributed by atoms with Gasteiger partial charge in [-0.15, -0.1) is 0 Å². The van der Waals surface area contributed by atoms with Crippen LogP contribution in [0.5, 0.6) is 0 Å². The van der Waals surface area contributed by atoms with Crippen molar-refractivity contribution in [3.8, 4) is 0 Å². The Balaban J connectivity index is 1.92. The van der Waals surface area contributed by atoms with Crippen LogP contribution in [-0.4, -0.2) is 65.9 Å². The van der Waals surface area contributed by atoms with Gasteiger partial charge in [0.05, 0.1) is 17.4 Å². The fourth-order valence-corrected chi connectivity index (χ4v) is 3.64. The Kier molecular flexibility index (Phi) is 9.79. The first-order valence-electron chi connectivity index (χ1n) is 10.9. The summed E-state index contributed by atoms with van der Waals surface area (Å²) in [5, 5.41) is 13.4. The first-order chi connectivity index (χ1) is 16.0. The number of hydrogen-bond acceptors (Lipinski definition) is 8. The molecule has 1 heterocycles. The van der Waals surface area contributed by atoms with Crippen LogP contribution in [0.15, 0.2) is 18.2 Å². The highest BCUT2D eigenvalue weighted by Gasteiger charge is 2.31. The van der Waals surface area contributed by atoms with Crippen molar-refractivity contribution in [3.05, 3.63) is 38.9 Å². The third-order valence-electron chi connectivity index (χ3n) is 5.42. The molecule has 1 saturated heterocycles. The Morgan fingerprint density at radius 3 is 2.41 bits per heavy atom. The molecule has 186 valence electrons. The Bertz CT molecular complexity index is 944. The third kappa shape index (κ3) is 7.14. The normalized spacial score (nSPS) is 14.9. The topological polar surface area (TPSA) is 145 Å². The molecule has 1 aliphatic rings. The lowest BCUT2D eigenvalue weighted by Gasteiger charge is -2.31. The van der Waals surface area contributed by atoms with E-state index in [1.165, 1.54) is 17.0 Å². The minimum Gasteiger partial charge on any atom is -0.466 e. The minimum absolute atomic E-state index is 0.0462. The van der Waals surface area contributed by atoms with Gasteiger partial charge in [-0.1, -0.05) is 25.4 Å². The molecule has 0 radical (unpaired) electrons. The van der Waals surface area contributed by atoms with Crippen molar-refractivity contribution >= 4 is 41.0 Å². The lowest BCUT2D eigenvalue weighted by molar-refractivity contribution is -0.384. The predicted molar refractivity (Wildman–Crippen MR) is 121 cm³/mol. The lowest BCUT2D eigenvalue weighted by Crippen LogP contribution is -2.47. The number of benzene rings is 1. The summed E-state index contributed by atoms with van der Waals surface area (Å²) < 4.78 is 10.2. The summed E-state index contributed by atoms with van der Waals surface area (Å²) in [6, 6.07) is 2.46. The molecule has 11 nitrogen and oxygen atoms in total. The fourth-order valence-electron chi connectivity index (χ4n) is 3.45. The Morgan fingerprint density at radius 1 is 1.21 bits per heavy atom. The summed E-state index contributed by atoms with van der Waals surface area (Å²) in [5.74, 6) is -2.84. The summed E-state index contributed by atoms with van der Waals surface area (Å²) >= 11 is 5.77. The molecule has 0 aromatic heterocycles. The number of hydrogen-bond donors (Lipinski definition) is 1. The standard InChI is InChI=1S/C22H28ClN3O8/c1-4-33-21(29)14-7-9-25(10-8-14)18(27)12-34-22(30)19(13(2)3)24-20(28)15-5-6-16(23)17(11-15)26(31)32/h5-6,11,13-14,19H,4,7-10,12H2,1-3H3,(H,24,28)/t19-/m0/s1. The van der Waals surface area contributed by atoms with Gasteiger partial charge in [-0.05, 0) is 37.8 Å². The Morgan fingerprint density at radius 2 is 1.85 bits per heavy atom. The van der Waals surface area contributed by atoms with Gasteiger partial charge in [0.15, 0.2) is 6.61 Å². The molecule has 0 unspecified atom stereocenters. The first-order valence-corrected chi connectivity index (χ1v) is 11.3. The van der Waals surface area contributed by atoms with Crippen molar-refractivity contribution in [2.75, 3.05) is 26.3 Å². The van der Waals surface area contributed by atoms with Crippen molar-refractivity contribution in [2.45, 2.75) is 39.7 Å². The Hall–Kier alpha value is -3.21. The zero-order chi connectivity index (χ0) is 25.4. The number of carbonyl (C=O) groups excluding carboxylic acids is 4. The number of nitrogens with zero attached hydrogens (tertiary/aromatic N) is 2. The molecular weight excluding hydrogens is 470 g/mol. The molecule has 1 N–H and O–H groups in total. The Labute approximate surface area is 201 Å². The van der Waals surface area contributed by atoms with Crippen LogP contribution in [0, 0.1) is 22.0 Å². The van der Waals surface area contributed by atoms with E-state index in [9.17, 15) is 29.3 Å². The van der Waals surface area contributed by atoms with Gasteiger partial charge in [-0.3, -0.25) is 24.5 Å². The summed E-state index contributed by atoms with van der Waals surface area (Å²) in [4.78, 5) is 61.3. The smallest absolute Gasteiger partial charge is 0.329 e. The lowest BCUT2D eigenvalue weighted by atomic mass is 9.97. The molecule has 2 amide bonds. The van der Waals surface area contributed by atoms with Gasteiger partial charge >= 0.3 is 11.9 Å². The molecule has 0 spiro atoms. The zero-order valence-electron chi connectivity index (χ0n) is 19.2. The van der Waals surface area contributed by atoms with Crippen molar-refractivity contribution in [1.82, 2.24) is 10.2 Å². The summed E-state index contributed by atoms with van der Waals surface area (Å²) in [6.45, 7) is 5.58. The molecular formula is C22H28ClN3O8. The molecule has 1 atom stereocenters. The SMILES string of the molecule is CCOC(=O)C1CCN(C(=O)COC(=O)[C@@H](NC(=O)c2ccc(Cl)c([N+](=O)[O-])c2)C(C)C)CC1. The molecule has 2 rings (SSSR count). The number of amides is 2. The number of piperidine rings is 1. The van der Waals surface area contributed by atoms with Crippen molar-refractivity contribution < 1.29 is 33.6 Å². The van der Waals surface area contributed by atoms with Crippen LogP contribution in [0.1, 0.15) is 44.0 Å². The zero-order valence-corrected chi connectivity index (χ0v) is 20.0. The molecule has 0 saturated carbocycles. The summed E-state index contributed by atoms with van der Waals surface area (Å²) in [5.41, 5.74) is -0.481. The third-order valence-corrected chi connectivity index (χ3v) is 5.74. The van der Waals surface area contributed by atoms with Crippen LogP contribution in [-0.2, 0) is 23.9 Å². The minimum atomic E-state index is -1.08. The van der Waals surface area contributed by atoms with Gasteiger partial charge < -0.3 is 19.7 Å². The molecule has 34 heavy (non-hydrogen) atoms. The largest absolute Gasteiger partial charge is 0.466 e. The van der Waals surface area contributed by atoms with E-state index in [0.717, 1.165) is 6.07 Å². The second kappa shape index (κ2) is 12.3. The van der Waals surface area contributed by atoms with Gasteiger partial charge in [-0.2, -0.15) is 0 Å². The second-order valence-electron chi connectivity index (χ2n) is 8.13. The number of esters is 2. The van der Waals surface area contributed by atoms with Gasteiger partial charge in [-0.25, -0.2) is 4.79 Å². The number of carbonyl (C=O) groups is 4. The number of likely N-dealkylation sites (tertiary alicyclic amines) is 1. The van der Waals surface area contributed by atoms with Gasteiger partial charge in [0.2, 0.25) is 0 Å². The quantitative estimate of drug-likeness (QED) is 0.311. The second-order valence-corrected chi connectivity index (χ2v) is 8.54. The van der Waals surface area contributed by atoms with Crippen LogP contribution < -0.4 is 5.32 Å². The number of rotatable bonds is 9. The molecule has 1 fully saturated rings. The van der Waals surface area contributed by atoms with E-state index in [-0.39, 0.29) is 28.4 Å². The number of halogens is 1. The molecule has 12 heteroatoms. The molecule has 0 aliphatic carbocycles. The maximum Gasteiger partial charge on any atom is 0.329 e. The highest BCUT2D eigenvalue weighted by Crippen LogP contribution is 2.25. The number of nitro groups is 1. The molecule has 0 bridgehead atoms. The van der Waals surface area contributed by atoms with Gasteiger partial charge in [0.25, 0.3) is 17.5 Å². The fraction of sp³-hybridized carbons (Fsp3) is 0.545. The van der Waals surface area contributed by atoms with E-state index in [1.807, 2.05) is 0 Å². The van der Waals surface area contributed by atoms with Gasteiger partial charge in [0, 0.05) is 24.7 Å². The van der Waals surface area contributed by atoms with Crippen LogP contribution in [0.2, 0.25) is 5.02 Å². The van der Waals surface area contributed by atoms with Crippen LogP contribution in [0.4, 0.5) is 5.69 Å². The number of nitrogens with one attached hydrogen (secondary N) is 1. The maximum absolute atomic E-state index is 12.6. The maximum atomic E-state index is 12.6.